The lowest BCUT2D eigenvalue weighted by atomic mass is 9.93. The molecule has 26 heavy (non-hydrogen) atoms. The Labute approximate surface area is 159 Å². The van der Waals surface area contributed by atoms with Crippen LogP contribution in [0.2, 0.25) is 0 Å². The molecule has 4 rings (SSSR count). The Morgan fingerprint density at radius 1 is 1.08 bits per heavy atom. The Bertz CT molecular complexity index is 722. The van der Waals surface area contributed by atoms with Crippen molar-refractivity contribution < 1.29 is 9.50 Å². The van der Waals surface area contributed by atoms with Gasteiger partial charge in [-0.15, -0.1) is 11.8 Å². The van der Waals surface area contributed by atoms with Crippen molar-refractivity contribution in [1.29, 1.82) is 0 Å². The number of likely N-dealkylation sites (tertiary alicyclic amines) is 1. The zero-order valence-electron chi connectivity index (χ0n) is 15.1. The van der Waals surface area contributed by atoms with Crippen LogP contribution >= 0.6 is 11.8 Å². The van der Waals surface area contributed by atoms with Crippen LogP contribution in [0.15, 0.2) is 59.5 Å². The second-order valence-corrected chi connectivity index (χ2v) is 9.30. The number of rotatable bonds is 5. The van der Waals surface area contributed by atoms with E-state index in [1.807, 2.05) is 54.2 Å². The van der Waals surface area contributed by atoms with Gasteiger partial charge in [0.1, 0.15) is 11.4 Å². The Hall–Kier alpha value is -1.52. The van der Waals surface area contributed by atoms with Gasteiger partial charge in [-0.1, -0.05) is 30.3 Å². The van der Waals surface area contributed by atoms with E-state index in [1.165, 1.54) is 0 Å². The smallest absolute Gasteiger partial charge is 0.115 e. The highest BCUT2D eigenvalue weighted by Gasteiger charge is 2.50. The van der Waals surface area contributed by atoms with E-state index in [-0.39, 0.29) is 0 Å². The minimum absolute atomic E-state index is 0.301. The SMILES string of the molecule is CC(Sc1ccc(O)cc1)N1C[C@@H]2CC(F)(Cc3ccccc3)C[C@@H]2C1. The third kappa shape index (κ3) is 3.91. The van der Waals surface area contributed by atoms with Gasteiger partial charge < -0.3 is 5.11 Å². The van der Waals surface area contributed by atoms with Crippen molar-refractivity contribution in [3.63, 3.8) is 0 Å². The molecule has 0 bridgehead atoms. The molecule has 0 amide bonds. The molecule has 138 valence electrons. The van der Waals surface area contributed by atoms with Crippen molar-refractivity contribution in [1.82, 2.24) is 4.90 Å². The summed E-state index contributed by atoms with van der Waals surface area (Å²) in [4.78, 5) is 3.66. The van der Waals surface area contributed by atoms with Crippen LogP contribution in [0.1, 0.15) is 25.3 Å². The molecule has 4 heteroatoms. The molecule has 1 saturated carbocycles. The molecule has 2 fully saturated rings. The molecule has 1 N–H and O–H groups in total. The number of benzene rings is 2. The van der Waals surface area contributed by atoms with Gasteiger partial charge in [0.05, 0.1) is 5.37 Å². The Balaban J connectivity index is 1.33. The van der Waals surface area contributed by atoms with E-state index in [4.69, 9.17) is 0 Å². The zero-order chi connectivity index (χ0) is 18.1. The zero-order valence-corrected chi connectivity index (χ0v) is 16.0. The van der Waals surface area contributed by atoms with Crippen LogP contribution < -0.4 is 0 Å². The van der Waals surface area contributed by atoms with E-state index in [0.717, 1.165) is 23.5 Å². The summed E-state index contributed by atoms with van der Waals surface area (Å²) in [5, 5.41) is 9.78. The number of fused-ring (bicyclic) bond motifs is 1. The fraction of sp³-hybridized carbons (Fsp3) is 0.455. The van der Waals surface area contributed by atoms with Gasteiger partial charge in [0.2, 0.25) is 0 Å². The van der Waals surface area contributed by atoms with E-state index >= 15 is 4.39 Å². The van der Waals surface area contributed by atoms with Crippen molar-refractivity contribution in [2.75, 3.05) is 13.1 Å². The van der Waals surface area contributed by atoms with Crippen LogP contribution in [0.25, 0.3) is 0 Å². The number of alkyl halides is 1. The number of phenolic OH excluding ortho intramolecular Hbond substituents is 1. The number of hydrogen-bond acceptors (Lipinski definition) is 3. The monoisotopic (exact) mass is 371 g/mol. The molecule has 2 aromatic carbocycles. The lowest BCUT2D eigenvalue weighted by Gasteiger charge is -2.27. The number of halogens is 1. The first-order valence-electron chi connectivity index (χ1n) is 9.43. The van der Waals surface area contributed by atoms with Gasteiger partial charge in [-0.2, -0.15) is 0 Å². The van der Waals surface area contributed by atoms with E-state index in [2.05, 4.69) is 11.8 Å². The maximum absolute atomic E-state index is 15.4. The molecule has 4 atom stereocenters. The Morgan fingerprint density at radius 3 is 2.31 bits per heavy atom. The standard InChI is InChI=1S/C22H26FNOS/c1-16(26-21-9-7-20(25)8-10-21)24-14-18-12-22(23,13-19(18)15-24)11-17-5-3-2-4-6-17/h2-10,16,18-19,25H,11-15H2,1H3/t16?,18-,19+,22?. The predicted molar refractivity (Wildman–Crippen MR) is 105 cm³/mol. The van der Waals surface area contributed by atoms with E-state index in [1.54, 1.807) is 12.1 Å². The molecule has 0 spiro atoms. The molecule has 1 aliphatic heterocycles. The summed E-state index contributed by atoms with van der Waals surface area (Å²) in [7, 11) is 0. The molecule has 1 heterocycles. The average molecular weight is 372 g/mol. The number of aromatic hydroxyl groups is 1. The molecule has 2 unspecified atom stereocenters. The first-order valence-corrected chi connectivity index (χ1v) is 10.3. The fourth-order valence-corrected chi connectivity index (χ4v) is 5.67. The van der Waals surface area contributed by atoms with Crippen molar-refractivity contribution in [3.05, 3.63) is 60.2 Å². The summed E-state index contributed by atoms with van der Waals surface area (Å²) < 4.78 is 15.4. The summed E-state index contributed by atoms with van der Waals surface area (Å²) in [6.07, 6.45) is 1.94. The Morgan fingerprint density at radius 2 is 1.69 bits per heavy atom. The van der Waals surface area contributed by atoms with Crippen molar-refractivity contribution in [3.8, 4) is 5.75 Å². The topological polar surface area (TPSA) is 23.5 Å². The van der Waals surface area contributed by atoms with Crippen molar-refractivity contribution >= 4 is 11.8 Å². The van der Waals surface area contributed by atoms with Crippen molar-refractivity contribution in [2.24, 2.45) is 11.8 Å². The van der Waals surface area contributed by atoms with Crippen molar-refractivity contribution in [2.45, 2.75) is 42.1 Å². The maximum Gasteiger partial charge on any atom is 0.115 e. The summed E-state index contributed by atoms with van der Waals surface area (Å²) in [6, 6.07) is 17.4. The molecular weight excluding hydrogens is 345 g/mol. The number of thioether (sulfide) groups is 1. The number of phenols is 1. The minimum Gasteiger partial charge on any atom is -0.508 e. The first-order chi connectivity index (χ1) is 12.5. The van der Waals surface area contributed by atoms with Crippen LogP contribution in [0, 0.1) is 11.8 Å². The van der Waals surface area contributed by atoms with Crippen LogP contribution in [0.5, 0.6) is 5.75 Å². The van der Waals surface area contributed by atoms with Gasteiger partial charge in [-0.3, -0.25) is 4.90 Å². The van der Waals surface area contributed by atoms with Gasteiger partial charge in [-0.05, 0) is 61.4 Å². The molecule has 2 aromatic rings. The van der Waals surface area contributed by atoms with E-state index in [0.29, 0.717) is 42.2 Å². The van der Waals surface area contributed by atoms with Crippen LogP contribution in [-0.4, -0.2) is 34.1 Å². The molecular formula is C22H26FNOS. The summed E-state index contributed by atoms with van der Waals surface area (Å²) >= 11 is 1.81. The second-order valence-electron chi connectivity index (χ2n) is 7.91. The highest BCUT2D eigenvalue weighted by Crippen LogP contribution is 2.48. The lowest BCUT2D eigenvalue weighted by Crippen LogP contribution is -2.32. The third-order valence-corrected chi connectivity index (χ3v) is 7.07. The maximum atomic E-state index is 15.4. The Kier molecular flexibility index (Phi) is 4.98. The number of hydrogen-bond donors (Lipinski definition) is 1. The van der Waals surface area contributed by atoms with E-state index < -0.39 is 5.67 Å². The quantitative estimate of drug-likeness (QED) is 0.738. The largest absolute Gasteiger partial charge is 0.508 e. The summed E-state index contributed by atoms with van der Waals surface area (Å²) in [5.74, 6) is 1.26. The first kappa shape index (κ1) is 17.9. The minimum atomic E-state index is -1.03. The fourth-order valence-electron chi connectivity index (χ4n) is 4.66. The highest BCUT2D eigenvalue weighted by atomic mass is 32.2. The lowest BCUT2D eigenvalue weighted by molar-refractivity contribution is 0.146. The third-order valence-electron chi connectivity index (χ3n) is 5.88. The second kappa shape index (κ2) is 7.24. The average Bonchev–Trinajstić information content (AvgIpc) is 3.12. The van der Waals surface area contributed by atoms with Crippen LogP contribution in [0.4, 0.5) is 4.39 Å². The molecule has 2 aliphatic rings. The number of nitrogens with zero attached hydrogens (tertiary/aromatic N) is 1. The normalized spacial score (nSPS) is 29.6. The van der Waals surface area contributed by atoms with Gasteiger partial charge in [-0.25, -0.2) is 4.39 Å². The van der Waals surface area contributed by atoms with Crippen LogP contribution in [0.3, 0.4) is 0 Å². The van der Waals surface area contributed by atoms with Gasteiger partial charge in [0, 0.05) is 24.4 Å². The molecule has 0 aromatic heterocycles. The van der Waals surface area contributed by atoms with E-state index in [9.17, 15) is 5.11 Å². The molecule has 0 radical (unpaired) electrons. The van der Waals surface area contributed by atoms with Gasteiger partial charge in [0.25, 0.3) is 0 Å². The van der Waals surface area contributed by atoms with Crippen LogP contribution in [-0.2, 0) is 6.42 Å². The van der Waals surface area contributed by atoms with Gasteiger partial charge in [0.15, 0.2) is 0 Å². The molecule has 2 nitrogen and oxygen atoms in total. The predicted octanol–water partition coefficient (Wildman–Crippen LogP) is 5.12. The van der Waals surface area contributed by atoms with Gasteiger partial charge >= 0.3 is 0 Å². The summed E-state index contributed by atoms with van der Waals surface area (Å²) in [6.45, 7) is 4.22. The molecule has 1 aliphatic carbocycles. The highest BCUT2D eigenvalue weighted by molar-refractivity contribution is 7.99. The summed E-state index contributed by atoms with van der Waals surface area (Å²) in [5.41, 5.74) is 0.0823. The molecule has 1 saturated heterocycles.